The first-order chi connectivity index (χ1) is 26.3. The minimum atomic E-state index is 0.907. The van der Waals surface area contributed by atoms with E-state index in [1.807, 2.05) is 17.4 Å². The lowest BCUT2D eigenvalue weighted by Gasteiger charge is -2.19. The first-order valence-electron chi connectivity index (χ1n) is 18.0. The van der Waals surface area contributed by atoms with E-state index in [4.69, 9.17) is 8.83 Å². The number of benzene rings is 9. The Hall–Kier alpha value is -6.68. The summed E-state index contributed by atoms with van der Waals surface area (Å²) in [6.45, 7) is 0. The lowest BCUT2D eigenvalue weighted by atomic mass is 9.83. The summed E-state index contributed by atoms with van der Waals surface area (Å²) >= 11 is 1.87. The third-order valence-electron chi connectivity index (χ3n) is 11.1. The van der Waals surface area contributed by atoms with Gasteiger partial charge in [0.15, 0.2) is 0 Å². The molecular weight excluding hydrogens is 665 g/mol. The van der Waals surface area contributed by atoms with E-state index in [2.05, 4.69) is 164 Å². The monoisotopic (exact) mass is 692 g/mol. The van der Waals surface area contributed by atoms with Crippen LogP contribution in [0.25, 0.3) is 119 Å². The molecule has 12 aromatic rings. The number of rotatable bonds is 3. The highest BCUT2D eigenvalue weighted by atomic mass is 32.1. The van der Waals surface area contributed by atoms with Crippen LogP contribution in [0.4, 0.5) is 0 Å². The first-order valence-corrected chi connectivity index (χ1v) is 18.8. The van der Waals surface area contributed by atoms with Crippen molar-refractivity contribution in [2.75, 3.05) is 0 Å². The molecule has 3 heterocycles. The van der Waals surface area contributed by atoms with Crippen LogP contribution in [0.1, 0.15) is 0 Å². The molecule has 0 saturated carbocycles. The van der Waals surface area contributed by atoms with Crippen molar-refractivity contribution < 1.29 is 8.83 Å². The van der Waals surface area contributed by atoms with Crippen molar-refractivity contribution in [3.05, 3.63) is 170 Å². The van der Waals surface area contributed by atoms with E-state index < -0.39 is 0 Å². The van der Waals surface area contributed by atoms with Crippen LogP contribution in [0.3, 0.4) is 0 Å². The van der Waals surface area contributed by atoms with Gasteiger partial charge in [-0.3, -0.25) is 0 Å². The number of thiophene rings is 1. The first kappa shape index (κ1) is 29.0. The zero-order valence-electron chi connectivity index (χ0n) is 28.4. The van der Waals surface area contributed by atoms with Gasteiger partial charge in [0.2, 0.25) is 0 Å². The quantitative estimate of drug-likeness (QED) is 0.172. The molecule has 0 bridgehead atoms. The largest absolute Gasteiger partial charge is 0.456 e. The number of fused-ring (bicyclic) bond motifs is 11. The van der Waals surface area contributed by atoms with Crippen molar-refractivity contribution in [2.45, 2.75) is 0 Å². The van der Waals surface area contributed by atoms with Crippen LogP contribution in [0.2, 0.25) is 0 Å². The summed E-state index contributed by atoms with van der Waals surface area (Å²) in [7, 11) is 0. The van der Waals surface area contributed by atoms with Crippen molar-refractivity contribution in [3.8, 4) is 32.7 Å². The lowest BCUT2D eigenvalue weighted by molar-refractivity contribution is 0.669. The van der Waals surface area contributed by atoms with Gasteiger partial charge in [-0.2, -0.15) is 0 Å². The fourth-order valence-electron chi connectivity index (χ4n) is 8.84. The van der Waals surface area contributed by atoms with Crippen molar-refractivity contribution in [3.63, 3.8) is 0 Å². The summed E-state index contributed by atoms with van der Waals surface area (Å²) in [5.74, 6) is 0. The van der Waals surface area contributed by atoms with Gasteiger partial charge in [0.05, 0.1) is 0 Å². The van der Waals surface area contributed by atoms with E-state index in [9.17, 15) is 0 Å². The minimum Gasteiger partial charge on any atom is -0.456 e. The highest BCUT2D eigenvalue weighted by Crippen LogP contribution is 2.54. The third kappa shape index (κ3) is 4.08. The average Bonchev–Trinajstić information content (AvgIpc) is 3.90. The van der Waals surface area contributed by atoms with E-state index in [1.165, 1.54) is 80.5 Å². The molecule has 246 valence electrons. The average molecular weight is 693 g/mol. The van der Waals surface area contributed by atoms with Gasteiger partial charge < -0.3 is 8.83 Å². The Morgan fingerprint density at radius 1 is 0.340 bits per heavy atom. The van der Waals surface area contributed by atoms with Crippen molar-refractivity contribution in [2.24, 2.45) is 0 Å². The van der Waals surface area contributed by atoms with Gasteiger partial charge in [-0.05, 0) is 91.0 Å². The van der Waals surface area contributed by atoms with Crippen LogP contribution < -0.4 is 0 Å². The second-order valence-corrected chi connectivity index (χ2v) is 14.9. The van der Waals surface area contributed by atoms with Gasteiger partial charge >= 0.3 is 0 Å². The Bertz CT molecular complexity index is 3390. The molecule has 0 radical (unpaired) electrons. The standard InChI is InChI=1S/C50H28O2S/c1-2-13-29(14-3-1)50-49(48-44(53-50)26-25-42-47(48)37-21-9-11-24-41(37)51-42)46-34-19-6-4-17-32(34)45(33-18-5-7-20-35(33)46)36-22-12-15-30-27-39-31-16-8-10-23-40(31)52-43(39)28-38(30)36/h1-28H. The maximum Gasteiger partial charge on any atom is 0.136 e. The number of hydrogen-bond acceptors (Lipinski definition) is 3. The third-order valence-corrected chi connectivity index (χ3v) is 12.3. The fourth-order valence-corrected chi connectivity index (χ4v) is 10.1. The molecule has 0 aliphatic carbocycles. The Morgan fingerprint density at radius 2 is 0.943 bits per heavy atom. The summed E-state index contributed by atoms with van der Waals surface area (Å²) < 4.78 is 14.2. The van der Waals surface area contributed by atoms with Gasteiger partial charge in [-0.15, -0.1) is 11.3 Å². The molecular formula is C50H28O2S. The van der Waals surface area contributed by atoms with E-state index in [1.54, 1.807) is 0 Å². The Morgan fingerprint density at radius 3 is 1.68 bits per heavy atom. The fraction of sp³-hybridized carbons (Fsp3) is 0. The van der Waals surface area contributed by atoms with E-state index in [0.717, 1.165) is 38.5 Å². The molecule has 0 aliphatic rings. The van der Waals surface area contributed by atoms with Crippen LogP contribution in [-0.2, 0) is 0 Å². The zero-order chi connectivity index (χ0) is 34.6. The van der Waals surface area contributed by atoms with Crippen LogP contribution in [0, 0.1) is 0 Å². The zero-order valence-corrected chi connectivity index (χ0v) is 29.2. The van der Waals surface area contributed by atoms with Gasteiger partial charge in [0.25, 0.3) is 0 Å². The Balaban J connectivity index is 1.25. The summed E-state index contributed by atoms with van der Waals surface area (Å²) in [6.07, 6.45) is 0. The number of para-hydroxylation sites is 2. The summed E-state index contributed by atoms with van der Waals surface area (Å²) in [5.41, 5.74) is 9.80. The normalized spacial score (nSPS) is 12.2. The van der Waals surface area contributed by atoms with Gasteiger partial charge in [-0.1, -0.05) is 133 Å². The SMILES string of the molecule is c1ccc(-c2sc3ccc4oc5ccccc5c4c3c2-c2c3ccccc3c(-c3cccc4cc5c(cc34)oc3ccccc35)c3ccccc23)cc1. The molecule has 0 aliphatic heterocycles. The molecule has 0 amide bonds. The maximum atomic E-state index is 6.51. The summed E-state index contributed by atoms with van der Waals surface area (Å²) in [6, 6.07) is 61.2. The van der Waals surface area contributed by atoms with Crippen molar-refractivity contribution >= 4 is 97.6 Å². The molecule has 0 saturated heterocycles. The molecule has 9 aromatic carbocycles. The molecule has 12 rings (SSSR count). The molecule has 0 spiro atoms. The molecule has 3 heteroatoms. The molecule has 3 aromatic heterocycles. The van der Waals surface area contributed by atoms with Crippen LogP contribution in [0.5, 0.6) is 0 Å². The second kappa shape index (κ2) is 10.9. The van der Waals surface area contributed by atoms with Gasteiger partial charge in [-0.25, -0.2) is 0 Å². The molecule has 53 heavy (non-hydrogen) atoms. The van der Waals surface area contributed by atoms with Gasteiger partial charge in [0.1, 0.15) is 22.3 Å². The molecule has 0 N–H and O–H groups in total. The van der Waals surface area contributed by atoms with E-state index >= 15 is 0 Å². The Kier molecular flexibility index (Phi) is 5.96. The predicted molar refractivity (Wildman–Crippen MR) is 225 cm³/mol. The molecule has 2 nitrogen and oxygen atoms in total. The van der Waals surface area contributed by atoms with Crippen LogP contribution >= 0.6 is 11.3 Å². The van der Waals surface area contributed by atoms with Crippen LogP contribution in [-0.4, -0.2) is 0 Å². The highest BCUT2D eigenvalue weighted by Gasteiger charge is 2.26. The predicted octanol–water partition coefficient (Wildman–Crippen LogP) is 15.2. The highest BCUT2D eigenvalue weighted by molar-refractivity contribution is 7.23. The molecule has 0 fully saturated rings. The second-order valence-electron chi connectivity index (χ2n) is 13.9. The Labute approximate surface area is 307 Å². The molecule has 0 atom stereocenters. The molecule has 0 unspecified atom stereocenters. The topological polar surface area (TPSA) is 26.3 Å². The number of hydrogen-bond donors (Lipinski definition) is 0. The summed E-state index contributed by atoms with van der Waals surface area (Å²) in [4.78, 5) is 1.26. The lowest BCUT2D eigenvalue weighted by Crippen LogP contribution is -1.92. The number of furan rings is 2. The van der Waals surface area contributed by atoms with Crippen molar-refractivity contribution in [1.82, 2.24) is 0 Å². The minimum absolute atomic E-state index is 0.907. The smallest absolute Gasteiger partial charge is 0.136 e. The van der Waals surface area contributed by atoms with Crippen molar-refractivity contribution in [1.29, 1.82) is 0 Å². The van der Waals surface area contributed by atoms with Gasteiger partial charge in [0, 0.05) is 42.1 Å². The van der Waals surface area contributed by atoms with E-state index in [-0.39, 0.29) is 0 Å². The van der Waals surface area contributed by atoms with E-state index in [0.29, 0.717) is 0 Å². The maximum absolute atomic E-state index is 6.51. The van der Waals surface area contributed by atoms with Crippen LogP contribution in [0.15, 0.2) is 179 Å². The summed E-state index contributed by atoms with van der Waals surface area (Å²) in [5, 5.41) is 13.1.